The number of nitrogens with zero attached hydrogens (tertiary/aromatic N) is 1. The largest absolute Gasteiger partial charge is 0.460 e. The molecule has 0 aliphatic heterocycles. The summed E-state index contributed by atoms with van der Waals surface area (Å²) in [6.07, 6.45) is 1.62. The molecule has 0 saturated heterocycles. The Morgan fingerprint density at radius 1 is 1.24 bits per heavy atom. The molecule has 3 rings (SSSR count). The molecule has 0 saturated carbocycles. The molecule has 2 heterocycles. The van der Waals surface area contributed by atoms with E-state index < -0.39 is 11.6 Å². The summed E-state index contributed by atoms with van der Waals surface area (Å²) in [5.41, 5.74) is 1.62. The Morgan fingerprint density at radius 3 is 2.86 bits per heavy atom. The number of aromatic nitrogens is 2. The minimum absolute atomic E-state index is 0.109. The number of aromatic amines is 1. The summed E-state index contributed by atoms with van der Waals surface area (Å²) in [7, 11) is 0. The van der Waals surface area contributed by atoms with Gasteiger partial charge in [-0.3, -0.25) is 5.10 Å². The molecule has 0 amide bonds. The second-order valence-corrected chi connectivity index (χ2v) is 4.64. The van der Waals surface area contributed by atoms with E-state index in [0.717, 1.165) is 17.4 Å². The predicted octanol–water partition coefficient (Wildman–Crippen LogP) is 3.87. The fourth-order valence-corrected chi connectivity index (χ4v) is 2.06. The minimum atomic E-state index is -0.892. The molecule has 0 bridgehead atoms. The average Bonchev–Trinajstić information content (AvgIpc) is 3.09. The zero-order valence-corrected chi connectivity index (χ0v) is 11.3. The third-order valence-electron chi connectivity index (χ3n) is 3.13. The molecular weight excluding hydrogens is 276 g/mol. The van der Waals surface area contributed by atoms with Crippen LogP contribution in [0.4, 0.5) is 14.5 Å². The van der Waals surface area contributed by atoms with Gasteiger partial charge in [-0.05, 0) is 31.2 Å². The molecular formula is C15H13F2N3O. The van der Waals surface area contributed by atoms with Gasteiger partial charge in [-0.2, -0.15) is 5.10 Å². The van der Waals surface area contributed by atoms with E-state index in [1.807, 2.05) is 19.1 Å². The molecule has 2 aromatic heterocycles. The predicted molar refractivity (Wildman–Crippen MR) is 74.7 cm³/mol. The number of aryl methyl sites for hydroxylation is 1. The van der Waals surface area contributed by atoms with Crippen molar-refractivity contribution < 1.29 is 13.2 Å². The van der Waals surface area contributed by atoms with Crippen molar-refractivity contribution in [2.45, 2.75) is 13.5 Å². The van der Waals surface area contributed by atoms with Crippen molar-refractivity contribution in [2.24, 2.45) is 0 Å². The van der Waals surface area contributed by atoms with Gasteiger partial charge >= 0.3 is 0 Å². The Morgan fingerprint density at radius 2 is 2.10 bits per heavy atom. The van der Waals surface area contributed by atoms with Gasteiger partial charge in [-0.15, -0.1) is 0 Å². The minimum Gasteiger partial charge on any atom is -0.460 e. The van der Waals surface area contributed by atoms with Crippen LogP contribution in [0.25, 0.3) is 11.5 Å². The Hall–Kier alpha value is -2.63. The number of halogens is 2. The molecule has 2 N–H and O–H groups in total. The van der Waals surface area contributed by atoms with Crippen LogP contribution < -0.4 is 5.32 Å². The van der Waals surface area contributed by atoms with E-state index in [-0.39, 0.29) is 5.69 Å². The number of benzene rings is 1. The quantitative estimate of drug-likeness (QED) is 0.766. The molecule has 108 valence electrons. The van der Waals surface area contributed by atoms with Gasteiger partial charge in [-0.1, -0.05) is 6.07 Å². The lowest BCUT2D eigenvalue weighted by molar-refractivity contribution is 0.511. The first-order valence-corrected chi connectivity index (χ1v) is 6.42. The first-order chi connectivity index (χ1) is 10.1. The first-order valence-electron chi connectivity index (χ1n) is 6.42. The van der Waals surface area contributed by atoms with Crippen molar-refractivity contribution in [1.29, 1.82) is 0 Å². The average molecular weight is 289 g/mol. The SMILES string of the molecule is Cc1ccc(-c2[nH]ncc2CNc2cccc(F)c2F)o1. The van der Waals surface area contributed by atoms with Gasteiger partial charge in [0, 0.05) is 12.1 Å². The van der Waals surface area contributed by atoms with E-state index in [1.165, 1.54) is 12.1 Å². The molecule has 0 radical (unpaired) electrons. The Kier molecular flexibility index (Phi) is 3.43. The van der Waals surface area contributed by atoms with Crippen LogP contribution >= 0.6 is 0 Å². The van der Waals surface area contributed by atoms with E-state index >= 15 is 0 Å². The summed E-state index contributed by atoms with van der Waals surface area (Å²) < 4.78 is 32.3. The molecule has 6 heteroatoms. The fraction of sp³-hybridized carbons (Fsp3) is 0.133. The second-order valence-electron chi connectivity index (χ2n) is 4.64. The summed E-state index contributed by atoms with van der Waals surface area (Å²) in [6, 6.07) is 7.69. The summed E-state index contributed by atoms with van der Waals surface area (Å²) >= 11 is 0. The number of anilines is 1. The lowest BCUT2D eigenvalue weighted by Crippen LogP contribution is -2.02. The molecule has 4 nitrogen and oxygen atoms in total. The number of hydrogen-bond acceptors (Lipinski definition) is 3. The number of nitrogens with one attached hydrogen (secondary N) is 2. The highest BCUT2D eigenvalue weighted by Gasteiger charge is 2.12. The van der Waals surface area contributed by atoms with Gasteiger partial charge in [0.15, 0.2) is 17.4 Å². The van der Waals surface area contributed by atoms with Crippen molar-refractivity contribution in [2.75, 3.05) is 5.32 Å². The Bertz CT molecular complexity index is 764. The highest BCUT2D eigenvalue weighted by molar-refractivity contribution is 5.58. The van der Waals surface area contributed by atoms with E-state index in [0.29, 0.717) is 18.0 Å². The molecule has 0 atom stereocenters. The number of hydrogen-bond donors (Lipinski definition) is 2. The highest BCUT2D eigenvalue weighted by Crippen LogP contribution is 2.24. The molecule has 3 aromatic rings. The lowest BCUT2D eigenvalue weighted by Gasteiger charge is -2.07. The van der Waals surface area contributed by atoms with Crippen molar-refractivity contribution in [3.8, 4) is 11.5 Å². The smallest absolute Gasteiger partial charge is 0.181 e. The van der Waals surface area contributed by atoms with Crippen LogP contribution in [-0.2, 0) is 6.54 Å². The van der Waals surface area contributed by atoms with Crippen molar-refractivity contribution >= 4 is 5.69 Å². The van der Waals surface area contributed by atoms with Crippen LogP contribution in [-0.4, -0.2) is 10.2 Å². The van der Waals surface area contributed by atoms with Crippen LogP contribution in [0.3, 0.4) is 0 Å². The maximum absolute atomic E-state index is 13.6. The number of rotatable bonds is 4. The molecule has 1 aromatic carbocycles. The molecule has 0 spiro atoms. The van der Waals surface area contributed by atoms with Gasteiger partial charge in [-0.25, -0.2) is 8.78 Å². The zero-order valence-electron chi connectivity index (χ0n) is 11.3. The van der Waals surface area contributed by atoms with E-state index in [1.54, 1.807) is 6.20 Å². The molecule has 0 aliphatic rings. The van der Waals surface area contributed by atoms with Gasteiger partial charge in [0.2, 0.25) is 0 Å². The number of H-pyrrole nitrogens is 1. The van der Waals surface area contributed by atoms with Gasteiger partial charge in [0.1, 0.15) is 11.5 Å². The third kappa shape index (κ3) is 2.65. The van der Waals surface area contributed by atoms with Gasteiger partial charge in [0.25, 0.3) is 0 Å². The monoisotopic (exact) mass is 289 g/mol. The van der Waals surface area contributed by atoms with Gasteiger partial charge < -0.3 is 9.73 Å². The maximum atomic E-state index is 13.6. The van der Waals surface area contributed by atoms with E-state index in [4.69, 9.17) is 4.42 Å². The fourth-order valence-electron chi connectivity index (χ4n) is 2.06. The zero-order chi connectivity index (χ0) is 14.8. The van der Waals surface area contributed by atoms with Crippen molar-refractivity contribution in [3.05, 3.63) is 59.5 Å². The molecule has 0 unspecified atom stereocenters. The summed E-state index contributed by atoms with van der Waals surface area (Å²) in [5.74, 6) is -0.332. The summed E-state index contributed by atoms with van der Waals surface area (Å²) in [4.78, 5) is 0. The van der Waals surface area contributed by atoms with Crippen molar-refractivity contribution in [1.82, 2.24) is 10.2 Å². The standard InChI is InChI=1S/C15H13F2N3O/c1-9-5-6-13(21-9)15-10(8-19-20-15)7-18-12-4-2-3-11(16)14(12)17/h2-6,8,18H,7H2,1H3,(H,19,20). The molecule has 21 heavy (non-hydrogen) atoms. The number of furan rings is 1. The van der Waals surface area contributed by atoms with E-state index in [2.05, 4.69) is 15.5 Å². The highest BCUT2D eigenvalue weighted by atomic mass is 19.2. The maximum Gasteiger partial charge on any atom is 0.181 e. The van der Waals surface area contributed by atoms with Crippen LogP contribution in [0.1, 0.15) is 11.3 Å². The van der Waals surface area contributed by atoms with Crippen molar-refractivity contribution in [3.63, 3.8) is 0 Å². The topological polar surface area (TPSA) is 53.9 Å². The molecule has 0 fully saturated rings. The van der Waals surface area contributed by atoms with Crippen LogP contribution in [0.2, 0.25) is 0 Å². The summed E-state index contributed by atoms with van der Waals surface area (Å²) in [6.45, 7) is 2.14. The normalized spacial score (nSPS) is 10.8. The Labute approximate surface area is 119 Å². The van der Waals surface area contributed by atoms with Crippen LogP contribution in [0.5, 0.6) is 0 Å². The summed E-state index contributed by atoms with van der Waals surface area (Å²) in [5, 5.41) is 9.67. The Balaban J connectivity index is 1.80. The lowest BCUT2D eigenvalue weighted by atomic mass is 10.2. The van der Waals surface area contributed by atoms with Crippen LogP contribution in [0.15, 0.2) is 40.9 Å². The van der Waals surface area contributed by atoms with E-state index in [9.17, 15) is 8.78 Å². The second kappa shape index (κ2) is 5.40. The van der Waals surface area contributed by atoms with Gasteiger partial charge in [0.05, 0.1) is 11.9 Å². The molecule has 0 aliphatic carbocycles. The third-order valence-corrected chi connectivity index (χ3v) is 3.13. The van der Waals surface area contributed by atoms with Crippen LogP contribution in [0, 0.1) is 18.6 Å². The first kappa shape index (κ1) is 13.4.